The molecular formula is C14H10BrFN2S. The summed E-state index contributed by atoms with van der Waals surface area (Å²) in [6, 6.07) is 12.8. The van der Waals surface area contributed by atoms with E-state index in [1.54, 1.807) is 23.9 Å². The molecule has 0 bridgehead atoms. The summed E-state index contributed by atoms with van der Waals surface area (Å²) in [6.07, 6.45) is 1.98. The molecule has 0 fully saturated rings. The number of thioether (sulfide) groups is 1. The first-order valence-corrected chi connectivity index (χ1v) is 7.46. The van der Waals surface area contributed by atoms with Gasteiger partial charge in [0.05, 0.1) is 15.7 Å². The van der Waals surface area contributed by atoms with Crippen molar-refractivity contribution in [1.29, 1.82) is 5.26 Å². The number of hydrogen-bond donors (Lipinski definition) is 1. The molecule has 96 valence electrons. The summed E-state index contributed by atoms with van der Waals surface area (Å²) in [7, 11) is 0. The Hall–Kier alpha value is -1.51. The zero-order valence-electron chi connectivity index (χ0n) is 10.1. The van der Waals surface area contributed by atoms with E-state index >= 15 is 0 Å². The highest BCUT2D eigenvalue weighted by molar-refractivity contribution is 9.10. The highest BCUT2D eigenvalue weighted by Gasteiger charge is 2.11. The Labute approximate surface area is 123 Å². The van der Waals surface area contributed by atoms with E-state index < -0.39 is 5.82 Å². The number of nitriles is 1. The number of nitrogens with zero attached hydrogens (tertiary/aromatic N) is 1. The van der Waals surface area contributed by atoms with Crippen molar-refractivity contribution in [2.24, 2.45) is 0 Å². The third-order valence-electron chi connectivity index (χ3n) is 2.55. The fraction of sp³-hybridized carbons (Fsp3) is 0.0714. The molecule has 5 heteroatoms. The molecule has 2 aromatic rings. The molecule has 1 N–H and O–H groups in total. The quantitative estimate of drug-likeness (QED) is 0.807. The van der Waals surface area contributed by atoms with Crippen LogP contribution >= 0.6 is 27.7 Å². The van der Waals surface area contributed by atoms with Gasteiger partial charge in [0.15, 0.2) is 5.82 Å². The fourth-order valence-electron chi connectivity index (χ4n) is 1.59. The van der Waals surface area contributed by atoms with Gasteiger partial charge in [-0.25, -0.2) is 4.39 Å². The number of anilines is 2. The molecule has 0 unspecified atom stereocenters. The summed E-state index contributed by atoms with van der Waals surface area (Å²) in [5.41, 5.74) is 1.42. The highest BCUT2D eigenvalue weighted by Crippen LogP contribution is 2.29. The molecule has 0 aliphatic carbocycles. The topological polar surface area (TPSA) is 35.8 Å². The molecule has 2 nitrogen and oxygen atoms in total. The Balaban J connectivity index is 2.34. The second-order valence-electron chi connectivity index (χ2n) is 3.76. The van der Waals surface area contributed by atoms with Gasteiger partial charge in [0.1, 0.15) is 6.07 Å². The van der Waals surface area contributed by atoms with Gasteiger partial charge in [-0.3, -0.25) is 0 Å². The number of benzene rings is 2. The normalized spacial score (nSPS) is 10.0. The standard InChI is InChI=1S/C14H10BrFN2S/c1-19-11-4-2-3-10(7-11)18-12-6-5-9(8-17)13(15)14(12)16/h2-7,18H,1H3. The Morgan fingerprint density at radius 1 is 1.32 bits per heavy atom. The zero-order valence-corrected chi connectivity index (χ0v) is 12.5. The van der Waals surface area contributed by atoms with Crippen LogP contribution in [-0.2, 0) is 0 Å². The molecular weight excluding hydrogens is 327 g/mol. The second kappa shape index (κ2) is 6.09. The maximum absolute atomic E-state index is 14.1. The lowest BCUT2D eigenvalue weighted by molar-refractivity contribution is 0.624. The molecule has 0 spiro atoms. The van der Waals surface area contributed by atoms with Crippen LogP contribution < -0.4 is 5.32 Å². The summed E-state index contributed by atoms with van der Waals surface area (Å²) < 4.78 is 14.2. The number of rotatable bonds is 3. The highest BCUT2D eigenvalue weighted by atomic mass is 79.9. The smallest absolute Gasteiger partial charge is 0.162 e. The second-order valence-corrected chi connectivity index (χ2v) is 5.43. The predicted octanol–water partition coefficient (Wildman–Crippen LogP) is 4.93. The number of nitrogens with one attached hydrogen (secondary N) is 1. The van der Waals surface area contributed by atoms with E-state index in [2.05, 4.69) is 21.2 Å². The van der Waals surface area contributed by atoms with Gasteiger partial charge in [-0.2, -0.15) is 5.26 Å². The van der Waals surface area contributed by atoms with Gasteiger partial charge in [-0.05, 0) is 52.5 Å². The van der Waals surface area contributed by atoms with Gasteiger partial charge in [0.25, 0.3) is 0 Å². The zero-order chi connectivity index (χ0) is 13.8. The van der Waals surface area contributed by atoms with Crippen LogP contribution in [0.25, 0.3) is 0 Å². The molecule has 0 aliphatic heterocycles. The molecule has 19 heavy (non-hydrogen) atoms. The van der Waals surface area contributed by atoms with Crippen molar-refractivity contribution >= 4 is 39.1 Å². The SMILES string of the molecule is CSc1cccc(Nc2ccc(C#N)c(Br)c2F)c1. The lowest BCUT2D eigenvalue weighted by Crippen LogP contribution is -1.96. The third-order valence-corrected chi connectivity index (χ3v) is 4.05. The van der Waals surface area contributed by atoms with Crippen molar-refractivity contribution in [2.75, 3.05) is 11.6 Å². The Morgan fingerprint density at radius 2 is 2.11 bits per heavy atom. The molecule has 0 saturated carbocycles. The largest absolute Gasteiger partial charge is 0.353 e. The van der Waals surface area contributed by atoms with Gasteiger partial charge >= 0.3 is 0 Å². The van der Waals surface area contributed by atoms with Crippen LogP contribution in [0.1, 0.15) is 5.56 Å². The van der Waals surface area contributed by atoms with Crippen molar-refractivity contribution in [1.82, 2.24) is 0 Å². The molecule has 0 atom stereocenters. The number of halogens is 2. The summed E-state index contributed by atoms with van der Waals surface area (Å²) in [5.74, 6) is -0.464. The molecule has 0 radical (unpaired) electrons. The molecule has 2 rings (SSSR count). The van der Waals surface area contributed by atoms with Crippen LogP contribution in [-0.4, -0.2) is 6.26 Å². The maximum atomic E-state index is 14.1. The van der Waals surface area contributed by atoms with Gasteiger partial charge in [-0.15, -0.1) is 11.8 Å². The van der Waals surface area contributed by atoms with Crippen LogP contribution in [0.5, 0.6) is 0 Å². The van der Waals surface area contributed by atoms with Crippen LogP contribution in [0.15, 0.2) is 45.8 Å². The summed E-state index contributed by atoms with van der Waals surface area (Å²) >= 11 is 4.71. The average molecular weight is 337 g/mol. The Morgan fingerprint density at radius 3 is 2.79 bits per heavy atom. The van der Waals surface area contributed by atoms with Crippen LogP contribution in [0.3, 0.4) is 0 Å². The monoisotopic (exact) mass is 336 g/mol. The third kappa shape index (κ3) is 3.09. The van der Waals surface area contributed by atoms with E-state index in [9.17, 15) is 4.39 Å². The lowest BCUT2D eigenvalue weighted by atomic mass is 10.2. The van der Waals surface area contributed by atoms with Gasteiger partial charge < -0.3 is 5.32 Å². The first-order valence-electron chi connectivity index (χ1n) is 5.45. The Bertz CT molecular complexity index is 652. The van der Waals surface area contributed by atoms with E-state index in [4.69, 9.17) is 5.26 Å². The summed E-state index contributed by atoms with van der Waals surface area (Å²) in [5, 5.41) is 11.8. The molecule has 0 aromatic heterocycles. The maximum Gasteiger partial charge on any atom is 0.162 e. The van der Waals surface area contributed by atoms with Crippen molar-refractivity contribution in [3.63, 3.8) is 0 Å². The average Bonchev–Trinajstić information content (AvgIpc) is 2.44. The molecule has 2 aromatic carbocycles. The predicted molar refractivity (Wildman–Crippen MR) is 80.3 cm³/mol. The first-order chi connectivity index (χ1) is 9.15. The fourth-order valence-corrected chi connectivity index (χ4v) is 2.48. The minimum Gasteiger partial charge on any atom is -0.353 e. The number of hydrogen-bond acceptors (Lipinski definition) is 3. The van der Waals surface area contributed by atoms with E-state index in [1.807, 2.05) is 36.6 Å². The van der Waals surface area contributed by atoms with Gasteiger partial charge in [0.2, 0.25) is 0 Å². The lowest BCUT2D eigenvalue weighted by Gasteiger charge is -2.10. The summed E-state index contributed by atoms with van der Waals surface area (Å²) in [4.78, 5) is 1.10. The van der Waals surface area contributed by atoms with Crippen LogP contribution in [0.2, 0.25) is 0 Å². The van der Waals surface area contributed by atoms with E-state index in [0.29, 0.717) is 5.69 Å². The van der Waals surface area contributed by atoms with Crippen LogP contribution in [0.4, 0.5) is 15.8 Å². The summed E-state index contributed by atoms with van der Waals surface area (Å²) in [6.45, 7) is 0. The van der Waals surface area contributed by atoms with E-state index in [0.717, 1.165) is 10.6 Å². The van der Waals surface area contributed by atoms with Crippen molar-refractivity contribution in [3.8, 4) is 6.07 Å². The Kier molecular flexibility index (Phi) is 4.46. The van der Waals surface area contributed by atoms with Crippen molar-refractivity contribution in [3.05, 3.63) is 52.3 Å². The minimum atomic E-state index is -0.464. The molecule has 0 aliphatic rings. The van der Waals surface area contributed by atoms with Gasteiger partial charge in [-0.1, -0.05) is 6.07 Å². The molecule has 0 amide bonds. The van der Waals surface area contributed by atoms with Crippen molar-refractivity contribution < 1.29 is 4.39 Å². The van der Waals surface area contributed by atoms with E-state index in [-0.39, 0.29) is 10.0 Å². The first kappa shape index (κ1) is 13.9. The van der Waals surface area contributed by atoms with Gasteiger partial charge in [0, 0.05) is 10.6 Å². The minimum absolute atomic E-state index is 0.182. The van der Waals surface area contributed by atoms with Crippen LogP contribution in [0, 0.1) is 17.1 Å². The molecule has 0 saturated heterocycles. The molecule has 0 heterocycles. The van der Waals surface area contributed by atoms with E-state index in [1.165, 1.54) is 0 Å². The van der Waals surface area contributed by atoms with Crippen molar-refractivity contribution in [2.45, 2.75) is 4.90 Å².